The molecule has 0 amide bonds. The normalized spacial score (nSPS) is 15.9. The molecule has 0 spiro atoms. The minimum atomic E-state index is 0.603. The zero-order valence-electron chi connectivity index (χ0n) is 15.5. The van der Waals surface area contributed by atoms with Crippen molar-refractivity contribution in [2.24, 2.45) is 4.99 Å². The molecule has 1 aliphatic heterocycles. The maximum absolute atomic E-state index is 5.42. The summed E-state index contributed by atoms with van der Waals surface area (Å²) in [6.07, 6.45) is 1.62. The summed E-state index contributed by atoms with van der Waals surface area (Å²) in [5.74, 6) is 1.84. The van der Waals surface area contributed by atoms with Crippen LogP contribution in [0.15, 0.2) is 46.1 Å². The van der Waals surface area contributed by atoms with E-state index >= 15 is 0 Å². The van der Waals surface area contributed by atoms with E-state index < -0.39 is 0 Å². The van der Waals surface area contributed by atoms with Crippen LogP contribution < -0.4 is 10.1 Å². The summed E-state index contributed by atoms with van der Waals surface area (Å²) in [6, 6.07) is 9.95. The zero-order chi connectivity index (χ0) is 18.2. The highest BCUT2D eigenvalue weighted by molar-refractivity contribution is 5.80. The number of para-hydroxylation sites is 1. The fourth-order valence-corrected chi connectivity index (χ4v) is 3.09. The van der Waals surface area contributed by atoms with Crippen LogP contribution in [-0.2, 0) is 13.1 Å². The van der Waals surface area contributed by atoms with E-state index in [0.29, 0.717) is 6.54 Å². The van der Waals surface area contributed by atoms with Crippen LogP contribution in [0.1, 0.15) is 18.2 Å². The van der Waals surface area contributed by atoms with Crippen LogP contribution in [0.5, 0.6) is 5.75 Å². The highest BCUT2D eigenvalue weighted by Gasteiger charge is 2.20. The van der Waals surface area contributed by atoms with Gasteiger partial charge in [-0.2, -0.15) is 0 Å². The Morgan fingerprint density at radius 3 is 2.73 bits per heavy atom. The summed E-state index contributed by atoms with van der Waals surface area (Å²) in [7, 11) is 1.70. The number of piperazine rings is 1. The fraction of sp³-hybridized carbons (Fsp3) is 0.474. The summed E-state index contributed by atoms with van der Waals surface area (Å²) in [6.45, 7) is 8.22. The van der Waals surface area contributed by atoms with E-state index in [9.17, 15) is 0 Å². The van der Waals surface area contributed by atoms with Crippen molar-refractivity contribution in [2.45, 2.75) is 20.0 Å². The molecule has 1 N–H and O–H groups in total. The molecule has 1 aromatic carbocycles. The van der Waals surface area contributed by atoms with Crippen molar-refractivity contribution in [1.29, 1.82) is 0 Å². The Kier molecular flexibility index (Phi) is 6.49. The van der Waals surface area contributed by atoms with Gasteiger partial charge in [0.05, 0.1) is 19.3 Å². The number of benzene rings is 1. The summed E-state index contributed by atoms with van der Waals surface area (Å²) < 4.78 is 10.3. The molecule has 1 fully saturated rings. The Morgan fingerprint density at radius 2 is 2.04 bits per heavy atom. The number of rotatable bonds is 6. The van der Waals surface area contributed by atoms with Gasteiger partial charge in [-0.1, -0.05) is 23.4 Å². The summed E-state index contributed by atoms with van der Waals surface area (Å²) >= 11 is 0. The highest BCUT2D eigenvalue weighted by Crippen LogP contribution is 2.18. The second-order valence-corrected chi connectivity index (χ2v) is 6.24. The van der Waals surface area contributed by atoms with Crippen LogP contribution in [0.4, 0.5) is 0 Å². The third-order valence-corrected chi connectivity index (χ3v) is 4.48. The Labute approximate surface area is 154 Å². The van der Waals surface area contributed by atoms with Gasteiger partial charge >= 0.3 is 0 Å². The number of aromatic nitrogens is 1. The molecule has 7 heteroatoms. The monoisotopic (exact) mass is 357 g/mol. The first-order chi connectivity index (χ1) is 12.8. The topological polar surface area (TPSA) is 66.1 Å². The van der Waals surface area contributed by atoms with E-state index in [2.05, 4.69) is 33.3 Å². The van der Waals surface area contributed by atoms with Crippen LogP contribution in [0.2, 0.25) is 0 Å². The van der Waals surface area contributed by atoms with Gasteiger partial charge in [0, 0.05) is 50.9 Å². The maximum Gasteiger partial charge on any atom is 0.194 e. The van der Waals surface area contributed by atoms with Gasteiger partial charge in [-0.05, 0) is 13.0 Å². The standard InChI is InChI=1S/C19H27N5O2/c1-3-20-19(21-14-16-6-4-5-7-18(16)25-2)24-11-9-23(10-12-24)15-17-8-13-26-22-17/h4-8,13H,3,9-12,14-15H2,1-2H3,(H,20,21). The minimum Gasteiger partial charge on any atom is -0.496 e. The van der Waals surface area contributed by atoms with Crippen molar-refractivity contribution < 1.29 is 9.26 Å². The summed E-state index contributed by atoms with van der Waals surface area (Å²) in [4.78, 5) is 9.53. The van der Waals surface area contributed by atoms with Crippen molar-refractivity contribution in [3.05, 3.63) is 47.9 Å². The van der Waals surface area contributed by atoms with Gasteiger partial charge < -0.3 is 19.5 Å². The van der Waals surface area contributed by atoms with Crippen LogP contribution in [-0.4, -0.2) is 60.7 Å². The van der Waals surface area contributed by atoms with E-state index in [1.807, 2.05) is 24.3 Å². The Morgan fingerprint density at radius 1 is 1.23 bits per heavy atom. The first-order valence-electron chi connectivity index (χ1n) is 9.07. The number of nitrogens with one attached hydrogen (secondary N) is 1. The van der Waals surface area contributed by atoms with Crippen LogP contribution in [0, 0.1) is 0 Å². The molecule has 1 aliphatic rings. The number of hydrogen-bond acceptors (Lipinski definition) is 5. The van der Waals surface area contributed by atoms with Crippen molar-refractivity contribution in [2.75, 3.05) is 39.8 Å². The molecule has 1 saturated heterocycles. The van der Waals surface area contributed by atoms with Crippen molar-refractivity contribution >= 4 is 5.96 Å². The van der Waals surface area contributed by atoms with Crippen molar-refractivity contribution in [1.82, 2.24) is 20.3 Å². The van der Waals surface area contributed by atoms with E-state index in [1.54, 1.807) is 13.4 Å². The third kappa shape index (κ3) is 4.76. The second kappa shape index (κ2) is 9.24. The zero-order valence-corrected chi connectivity index (χ0v) is 15.5. The highest BCUT2D eigenvalue weighted by atomic mass is 16.5. The fourth-order valence-electron chi connectivity index (χ4n) is 3.09. The quantitative estimate of drug-likeness (QED) is 0.630. The molecule has 0 unspecified atom stereocenters. The lowest BCUT2D eigenvalue weighted by molar-refractivity contribution is 0.169. The predicted molar refractivity (Wildman–Crippen MR) is 101 cm³/mol. The van der Waals surface area contributed by atoms with Crippen LogP contribution in [0.3, 0.4) is 0 Å². The van der Waals surface area contributed by atoms with E-state index in [1.165, 1.54) is 0 Å². The van der Waals surface area contributed by atoms with Crippen LogP contribution >= 0.6 is 0 Å². The molecule has 0 bridgehead atoms. The molecule has 26 heavy (non-hydrogen) atoms. The lowest BCUT2D eigenvalue weighted by Crippen LogP contribution is -2.52. The van der Waals surface area contributed by atoms with E-state index in [-0.39, 0.29) is 0 Å². The number of nitrogens with zero attached hydrogens (tertiary/aromatic N) is 4. The van der Waals surface area contributed by atoms with E-state index in [4.69, 9.17) is 14.3 Å². The predicted octanol–water partition coefficient (Wildman–Crippen LogP) is 1.97. The van der Waals surface area contributed by atoms with Gasteiger partial charge in [0.15, 0.2) is 5.96 Å². The molecule has 0 aliphatic carbocycles. The average molecular weight is 357 g/mol. The number of aliphatic imine (C=N–C) groups is 1. The SMILES string of the molecule is CCNC(=NCc1ccccc1OC)N1CCN(Cc2ccon2)CC1. The van der Waals surface area contributed by atoms with E-state index in [0.717, 1.165) is 62.2 Å². The Hall–Kier alpha value is -2.54. The number of ether oxygens (including phenoxy) is 1. The van der Waals surface area contributed by atoms with Gasteiger partial charge in [0.25, 0.3) is 0 Å². The number of guanidine groups is 1. The van der Waals surface area contributed by atoms with Gasteiger partial charge in [-0.3, -0.25) is 4.90 Å². The van der Waals surface area contributed by atoms with Crippen molar-refractivity contribution in [3.8, 4) is 5.75 Å². The van der Waals surface area contributed by atoms with Gasteiger partial charge in [-0.25, -0.2) is 4.99 Å². The first-order valence-corrected chi connectivity index (χ1v) is 9.07. The Balaban J connectivity index is 1.59. The number of hydrogen-bond donors (Lipinski definition) is 1. The lowest BCUT2D eigenvalue weighted by atomic mass is 10.2. The lowest BCUT2D eigenvalue weighted by Gasteiger charge is -2.36. The molecule has 0 saturated carbocycles. The molecule has 2 aromatic rings. The maximum atomic E-state index is 5.42. The second-order valence-electron chi connectivity index (χ2n) is 6.24. The summed E-state index contributed by atoms with van der Waals surface area (Å²) in [5, 5.41) is 7.40. The smallest absolute Gasteiger partial charge is 0.194 e. The molecule has 140 valence electrons. The molecule has 1 aromatic heterocycles. The van der Waals surface area contributed by atoms with Gasteiger partial charge in [-0.15, -0.1) is 0 Å². The largest absolute Gasteiger partial charge is 0.496 e. The molecule has 7 nitrogen and oxygen atoms in total. The first kappa shape index (κ1) is 18.3. The van der Waals surface area contributed by atoms with Crippen molar-refractivity contribution in [3.63, 3.8) is 0 Å². The average Bonchev–Trinajstić information content (AvgIpc) is 3.19. The number of methoxy groups -OCH3 is 1. The molecule has 0 radical (unpaired) electrons. The van der Waals surface area contributed by atoms with Crippen LogP contribution in [0.25, 0.3) is 0 Å². The third-order valence-electron chi connectivity index (χ3n) is 4.48. The minimum absolute atomic E-state index is 0.603. The molecule has 0 atom stereocenters. The van der Waals surface area contributed by atoms with Gasteiger partial charge in [0.1, 0.15) is 12.0 Å². The Bertz CT molecular complexity index is 694. The van der Waals surface area contributed by atoms with Gasteiger partial charge in [0.2, 0.25) is 0 Å². The molecular formula is C19H27N5O2. The molecular weight excluding hydrogens is 330 g/mol. The summed E-state index contributed by atoms with van der Waals surface area (Å²) in [5.41, 5.74) is 2.07. The molecule has 2 heterocycles. The molecule has 3 rings (SSSR count).